The van der Waals surface area contributed by atoms with Crippen LogP contribution >= 0.6 is 0 Å². The molecule has 0 unspecified atom stereocenters. The minimum absolute atomic E-state index is 0.363. The lowest BCUT2D eigenvalue weighted by molar-refractivity contribution is -0.145. The number of methoxy groups -OCH3 is 1. The van der Waals surface area contributed by atoms with Gasteiger partial charge in [-0.1, -0.05) is 46.0 Å². The van der Waals surface area contributed by atoms with Crippen LogP contribution in [0.1, 0.15) is 72.6 Å². The van der Waals surface area contributed by atoms with Gasteiger partial charge in [-0.05, 0) is 38.6 Å². The number of carboxylic acids is 1. The van der Waals surface area contributed by atoms with Gasteiger partial charge in [0.25, 0.3) is 0 Å². The molecule has 5 N–H and O–H groups in total. The van der Waals surface area contributed by atoms with Crippen LogP contribution in [0.3, 0.4) is 0 Å². The summed E-state index contributed by atoms with van der Waals surface area (Å²) in [5.74, 6) is -3.50. The lowest BCUT2D eigenvalue weighted by Crippen LogP contribution is -2.57. The van der Waals surface area contributed by atoms with Crippen LogP contribution in [0.5, 0.6) is 0 Å². The second kappa shape index (κ2) is 15.3. The SMILES string of the molecule is COC(=O)C[C@H](NC(=O)[C@@H](C)NCCC1CCCCC1)C(=O)N[C@H](C)C(=O)N[C@@H](C(=O)O)C(C)C. The zero-order valence-electron chi connectivity index (χ0n) is 21.5. The monoisotopic (exact) mass is 498 g/mol. The molecule has 0 heterocycles. The van der Waals surface area contributed by atoms with Crippen molar-refractivity contribution in [3.63, 3.8) is 0 Å². The molecule has 1 fully saturated rings. The fourth-order valence-corrected chi connectivity index (χ4v) is 4.00. The van der Waals surface area contributed by atoms with Crippen molar-refractivity contribution in [1.82, 2.24) is 21.3 Å². The van der Waals surface area contributed by atoms with E-state index in [2.05, 4.69) is 26.0 Å². The molecule has 11 nitrogen and oxygen atoms in total. The maximum atomic E-state index is 12.8. The molecule has 0 saturated heterocycles. The molecular formula is C24H42N4O7. The summed E-state index contributed by atoms with van der Waals surface area (Å²) < 4.78 is 4.63. The number of nitrogens with one attached hydrogen (secondary N) is 4. The van der Waals surface area contributed by atoms with Crippen molar-refractivity contribution in [2.75, 3.05) is 13.7 Å². The number of ether oxygens (including phenoxy) is 1. The van der Waals surface area contributed by atoms with Crippen LogP contribution in [-0.4, -0.2) is 72.6 Å². The predicted octanol–water partition coefficient (Wildman–Crippen LogP) is 0.713. The summed E-state index contributed by atoms with van der Waals surface area (Å²) in [7, 11) is 1.17. The minimum Gasteiger partial charge on any atom is -0.480 e. The fourth-order valence-electron chi connectivity index (χ4n) is 4.00. The lowest BCUT2D eigenvalue weighted by Gasteiger charge is -2.25. The third-order valence-corrected chi connectivity index (χ3v) is 6.34. The van der Waals surface area contributed by atoms with Gasteiger partial charge < -0.3 is 31.1 Å². The Labute approximate surface area is 207 Å². The number of esters is 1. The van der Waals surface area contributed by atoms with Gasteiger partial charge in [-0.15, -0.1) is 0 Å². The van der Waals surface area contributed by atoms with E-state index in [1.165, 1.54) is 46.1 Å². The van der Waals surface area contributed by atoms with Crippen molar-refractivity contribution >= 4 is 29.7 Å². The summed E-state index contributed by atoms with van der Waals surface area (Å²) in [6, 6.07) is -4.05. The molecule has 0 bridgehead atoms. The van der Waals surface area contributed by atoms with Gasteiger partial charge in [0.1, 0.15) is 18.1 Å². The molecule has 3 amide bonds. The molecule has 200 valence electrons. The molecule has 0 aromatic rings. The smallest absolute Gasteiger partial charge is 0.326 e. The van der Waals surface area contributed by atoms with Crippen LogP contribution in [0.15, 0.2) is 0 Å². The van der Waals surface area contributed by atoms with Crippen molar-refractivity contribution in [3.8, 4) is 0 Å². The highest BCUT2D eigenvalue weighted by atomic mass is 16.5. The van der Waals surface area contributed by atoms with E-state index in [4.69, 9.17) is 0 Å². The van der Waals surface area contributed by atoms with Gasteiger partial charge in [-0.25, -0.2) is 4.79 Å². The third kappa shape index (κ3) is 11.1. The molecule has 1 saturated carbocycles. The number of carboxylic acid groups (broad SMARTS) is 1. The van der Waals surface area contributed by atoms with Crippen molar-refractivity contribution in [3.05, 3.63) is 0 Å². The fraction of sp³-hybridized carbons (Fsp3) is 0.792. The quantitative estimate of drug-likeness (QED) is 0.219. The van der Waals surface area contributed by atoms with Crippen molar-refractivity contribution in [2.24, 2.45) is 11.8 Å². The molecule has 4 atom stereocenters. The van der Waals surface area contributed by atoms with Crippen LogP contribution in [0.25, 0.3) is 0 Å². The Morgan fingerprint density at radius 2 is 1.46 bits per heavy atom. The standard InChI is InChI=1S/C24H42N4O7/c1-14(2)20(24(33)34)28-22(31)16(4)26-23(32)18(13-19(29)35-5)27-21(30)15(3)25-12-11-17-9-7-6-8-10-17/h14-18,20,25H,6-13H2,1-5H3,(H,26,32)(H,27,30)(H,28,31)(H,33,34)/t15-,16-,18+,20-/m1/s1. The number of hydrogen-bond donors (Lipinski definition) is 5. The minimum atomic E-state index is -1.26. The van der Waals surface area contributed by atoms with Crippen LogP contribution < -0.4 is 21.3 Å². The number of aliphatic carboxylic acids is 1. The summed E-state index contributed by atoms with van der Waals surface area (Å²) in [5, 5.41) is 19.8. The second-order valence-corrected chi connectivity index (χ2v) is 9.61. The summed E-state index contributed by atoms with van der Waals surface area (Å²) >= 11 is 0. The molecule has 0 aliphatic heterocycles. The predicted molar refractivity (Wildman–Crippen MR) is 129 cm³/mol. The molecule has 35 heavy (non-hydrogen) atoms. The summed E-state index contributed by atoms with van der Waals surface area (Å²) in [4.78, 5) is 61.0. The van der Waals surface area contributed by atoms with E-state index < -0.39 is 60.2 Å². The number of amides is 3. The third-order valence-electron chi connectivity index (χ3n) is 6.34. The first-order chi connectivity index (χ1) is 16.5. The second-order valence-electron chi connectivity index (χ2n) is 9.61. The van der Waals surface area contributed by atoms with Gasteiger partial charge >= 0.3 is 11.9 Å². The van der Waals surface area contributed by atoms with E-state index in [0.29, 0.717) is 12.5 Å². The maximum Gasteiger partial charge on any atom is 0.326 e. The molecule has 0 radical (unpaired) electrons. The Balaban J connectivity index is 2.67. The van der Waals surface area contributed by atoms with Crippen LogP contribution in [0.4, 0.5) is 0 Å². The van der Waals surface area contributed by atoms with Crippen molar-refractivity contribution in [1.29, 1.82) is 0 Å². The molecule has 1 rings (SSSR count). The van der Waals surface area contributed by atoms with Gasteiger partial charge in [-0.3, -0.25) is 19.2 Å². The highest BCUT2D eigenvalue weighted by Gasteiger charge is 2.30. The number of carbonyl (C=O) groups excluding carboxylic acids is 4. The van der Waals surface area contributed by atoms with Gasteiger partial charge in [-0.2, -0.15) is 0 Å². The van der Waals surface area contributed by atoms with Gasteiger partial charge in [0.2, 0.25) is 17.7 Å². The number of carbonyl (C=O) groups is 5. The summed E-state index contributed by atoms with van der Waals surface area (Å²) in [5.41, 5.74) is 0. The summed E-state index contributed by atoms with van der Waals surface area (Å²) in [6.07, 6.45) is 6.75. The molecule has 0 spiro atoms. The lowest BCUT2D eigenvalue weighted by atomic mass is 9.87. The van der Waals surface area contributed by atoms with E-state index in [1.807, 2.05) is 0 Å². The van der Waals surface area contributed by atoms with E-state index in [0.717, 1.165) is 6.42 Å². The Morgan fingerprint density at radius 3 is 2.00 bits per heavy atom. The molecule has 0 aromatic carbocycles. The first-order valence-electron chi connectivity index (χ1n) is 12.4. The molecule has 1 aliphatic rings. The van der Waals surface area contributed by atoms with Gasteiger partial charge in [0, 0.05) is 0 Å². The largest absolute Gasteiger partial charge is 0.480 e. The molecule has 0 aromatic heterocycles. The maximum absolute atomic E-state index is 12.8. The summed E-state index contributed by atoms with van der Waals surface area (Å²) in [6.45, 7) is 7.03. The van der Waals surface area contributed by atoms with Gasteiger partial charge in [0.05, 0.1) is 19.6 Å². The first-order valence-corrected chi connectivity index (χ1v) is 12.4. The average molecular weight is 499 g/mol. The Bertz CT molecular complexity index is 737. The van der Waals surface area contributed by atoms with Crippen molar-refractivity contribution < 1.29 is 33.8 Å². The first kappa shape index (κ1) is 30.3. The number of rotatable bonds is 14. The van der Waals surface area contributed by atoms with E-state index in [1.54, 1.807) is 20.8 Å². The zero-order chi connectivity index (χ0) is 26.5. The normalized spacial score (nSPS) is 17.5. The molecular weight excluding hydrogens is 456 g/mol. The highest BCUT2D eigenvalue weighted by molar-refractivity contribution is 5.95. The highest BCUT2D eigenvalue weighted by Crippen LogP contribution is 2.25. The van der Waals surface area contributed by atoms with Crippen LogP contribution in [0.2, 0.25) is 0 Å². The van der Waals surface area contributed by atoms with E-state index >= 15 is 0 Å². The Hall–Kier alpha value is -2.69. The van der Waals surface area contributed by atoms with E-state index in [-0.39, 0.29) is 5.92 Å². The van der Waals surface area contributed by atoms with Crippen LogP contribution in [-0.2, 0) is 28.7 Å². The van der Waals surface area contributed by atoms with E-state index in [9.17, 15) is 29.1 Å². The molecule has 1 aliphatic carbocycles. The van der Waals surface area contributed by atoms with Crippen LogP contribution in [0, 0.1) is 11.8 Å². The number of hydrogen-bond acceptors (Lipinski definition) is 7. The van der Waals surface area contributed by atoms with Crippen molar-refractivity contribution in [2.45, 2.75) is 96.8 Å². The zero-order valence-corrected chi connectivity index (χ0v) is 21.5. The Morgan fingerprint density at radius 1 is 0.857 bits per heavy atom. The Kier molecular flexibility index (Phi) is 13.3. The molecule has 11 heteroatoms. The average Bonchev–Trinajstić information content (AvgIpc) is 2.81. The topological polar surface area (TPSA) is 163 Å². The van der Waals surface area contributed by atoms with Gasteiger partial charge in [0.15, 0.2) is 0 Å².